The maximum atomic E-state index is 12.4. The van der Waals surface area contributed by atoms with Crippen molar-refractivity contribution in [3.05, 3.63) is 29.8 Å². The number of benzene rings is 1. The zero-order valence-corrected chi connectivity index (χ0v) is 12.7. The minimum Gasteiger partial charge on any atom is -0.378 e. The maximum Gasteiger partial charge on any atom is 0.254 e. The van der Waals surface area contributed by atoms with Crippen LogP contribution in [-0.4, -0.2) is 57.2 Å². The van der Waals surface area contributed by atoms with Crippen molar-refractivity contribution < 1.29 is 22.7 Å². The van der Waals surface area contributed by atoms with Crippen molar-refractivity contribution in [2.75, 3.05) is 36.4 Å². The zero-order chi connectivity index (χ0) is 15.7. The summed E-state index contributed by atoms with van der Waals surface area (Å²) in [4.78, 5) is 25.9. The maximum absolute atomic E-state index is 12.4. The summed E-state index contributed by atoms with van der Waals surface area (Å²) in [7, 11) is -3.62. The van der Waals surface area contributed by atoms with Gasteiger partial charge in [-0.1, -0.05) is 6.07 Å². The van der Waals surface area contributed by atoms with Gasteiger partial charge < -0.3 is 9.64 Å². The number of amides is 2. The van der Waals surface area contributed by atoms with Gasteiger partial charge in [-0.05, 0) is 18.2 Å². The fourth-order valence-corrected chi connectivity index (χ4v) is 4.03. The van der Waals surface area contributed by atoms with E-state index in [9.17, 15) is 18.0 Å². The number of hydrogen-bond acceptors (Lipinski definition) is 5. The largest absolute Gasteiger partial charge is 0.378 e. The van der Waals surface area contributed by atoms with E-state index >= 15 is 0 Å². The Bertz CT molecular complexity index is 710. The third-order valence-electron chi connectivity index (χ3n) is 3.70. The molecule has 0 aliphatic carbocycles. The average Bonchev–Trinajstić information content (AvgIpc) is 2.81. The number of hydrogen-bond donors (Lipinski definition) is 0. The predicted octanol–water partition coefficient (Wildman–Crippen LogP) is 0.226. The van der Waals surface area contributed by atoms with Gasteiger partial charge in [0.05, 0.1) is 24.7 Å². The third-order valence-corrected chi connectivity index (χ3v) is 5.40. The van der Waals surface area contributed by atoms with Crippen LogP contribution in [0.25, 0.3) is 0 Å². The summed E-state index contributed by atoms with van der Waals surface area (Å²) in [6.45, 7) is 1.99. The Morgan fingerprint density at radius 3 is 2.55 bits per heavy atom. The van der Waals surface area contributed by atoms with Crippen LogP contribution in [0.5, 0.6) is 0 Å². The highest BCUT2D eigenvalue weighted by atomic mass is 32.2. The summed E-state index contributed by atoms with van der Waals surface area (Å²) in [5.74, 6) is -0.835. The van der Waals surface area contributed by atoms with Crippen molar-refractivity contribution >= 4 is 27.5 Å². The Morgan fingerprint density at radius 1 is 1.18 bits per heavy atom. The predicted molar refractivity (Wildman–Crippen MR) is 79.1 cm³/mol. The third kappa shape index (κ3) is 2.71. The summed E-state index contributed by atoms with van der Waals surface area (Å²) in [5, 5.41) is 0. The molecular formula is C14H16N2O5S. The van der Waals surface area contributed by atoms with Crippen LogP contribution < -0.4 is 4.31 Å². The lowest BCUT2D eigenvalue weighted by atomic mass is 10.1. The van der Waals surface area contributed by atoms with Gasteiger partial charge in [0.1, 0.15) is 0 Å². The molecule has 1 aromatic carbocycles. The van der Waals surface area contributed by atoms with Crippen LogP contribution in [0.4, 0.5) is 5.69 Å². The van der Waals surface area contributed by atoms with Crippen LogP contribution in [0.3, 0.4) is 0 Å². The molecule has 2 aliphatic rings. The van der Waals surface area contributed by atoms with E-state index in [4.69, 9.17) is 4.74 Å². The molecule has 1 aromatic rings. The highest BCUT2D eigenvalue weighted by Crippen LogP contribution is 2.26. The molecule has 2 fully saturated rings. The van der Waals surface area contributed by atoms with Crippen molar-refractivity contribution in [1.29, 1.82) is 0 Å². The lowest BCUT2D eigenvalue weighted by Crippen LogP contribution is -2.40. The van der Waals surface area contributed by atoms with Crippen molar-refractivity contribution in [3.63, 3.8) is 0 Å². The van der Waals surface area contributed by atoms with Crippen molar-refractivity contribution in [2.45, 2.75) is 6.42 Å². The molecule has 0 spiro atoms. The summed E-state index contributed by atoms with van der Waals surface area (Å²) in [6.07, 6.45) is -0.0238. The van der Waals surface area contributed by atoms with Crippen LogP contribution in [0, 0.1) is 0 Å². The monoisotopic (exact) mass is 324 g/mol. The van der Waals surface area contributed by atoms with Crippen molar-refractivity contribution in [1.82, 2.24) is 4.90 Å². The molecule has 22 heavy (non-hydrogen) atoms. The SMILES string of the molecule is O=C(c1cccc(N2C(=O)CCS2(=O)=O)c1)N1CCOCC1. The topological polar surface area (TPSA) is 84.0 Å². The van der Waals surface area contributed by atoms with Crippen molar-refractivity contribution in [2.24, 2.45) is 0 Å². The minimum atomic E-state index is -3.62. The first-order valence-corrected chi connectivity index (χ1v) is 8.63. The van der Waals surface area contributed by atoms with Gasteiger partial charge in [0.2, 0.25) is 15.9 Å². The lowest BCUT2D eigenvalue weighted by Gasteiger charge is -2.27. The number of sulfonamides is 1. The molecule has 2 saturated heterocycles. The second-order valence-corrected chi connectivity index (χ2v) is 7.12. The molecule has 0 radical (unpaired) electrons. The summed E-state index contributed by atoms with van der Waals surface area (Å²) in [5.41, 5.74) is 0.593. The first kappa shape index (κ1) is 15.0. The molecule has 2 aliphatic heterocycles. The fraction of sp³-hybridized carbons (Fsp3) is 0.429. The normalized spacial score (nSPS) is 21.2. The number of nitrogens with zero attached hydrogens (tertiary/aromatic N) is 2. The average molecular weight is 324 g/mol. The van der Waals surface area contributed by atoms with Gasteiger partial charge in [-0.25, -0.2) is 12.7 Å². The molecule has 2 heterocycles. The summed E-state index contributed by atoms with van der Waals surface area (Å²) in [6, 6.07) is 6.19. The van der Waals surface area contributed by atoms with Gasteiger partial charge in [0, 0.05) is 25.1 Å². The number of morpholine rings is 1. The van der Waals surface area contributed by atoms with Crippen LogP contribution in [-0.2, 0) is 19.6 Å². The molecule has 0 aromatic heterocycles. The van der Waals surface area contributed by atoms with E-state index in [1.807, 2.05) is 0 Å². The standard InChI is InChI=1S/C14H16N2O5S/c17-13-4-9-22(19,20)16(13)12-3-1-2-11(10-12)14(18)15-5-7-21-8-6-15/h1-3,10H,4-9H2. The molecule has 0 bridgehead atoms. The van der Waals surface area contributed by atoms with Crippen molar-refractivity contribution in [3.8, 4) is 0 Å². The summed E-state index contributed by atoms with van der Waals surface area (Å²) >= 11 is 0. The van der Waals surface area contributed by atoms with Crippen LogP contribution >= 0.6 is 0 Å². The van der Waals surface area contributed by atoms with E-state index in [1.165, 1.54) is 12.1 Å². The molecule has 0 N–H and O–H groups in total. The minimum absolute atomic E-state index is 0.0238. The second-order valence-electron chi connectivity index (χ2n) is 5.18. The van der Waals surface area contributed by atoms with Crippen LogP contribution in [0.2, 0.25) is 0 Å². The highest BCUT2D eigenvalue weighted by molar-refractivity contribution is 7.94. The Labute approximate surface area is 128 Å². The van der Waals surface area contributed by atoms with E-state index in [0.717, 1.165) is 4.31 Å². The van der Waals surface area contributed by atoms with Crippen LogP contribution in [0.15, 0.2) is 24.3 Å². The second kappa shape index (κ2) is 5.69. The zero-order valence-electron chi connectivity index (χ0n) is 11.9. The number of carbonyl (C=O) groups excluding carboxylic acids is 2. The lowest BCUT2D eigenvalue weighted by molar-refractivity contribution is -0.116. The molecule has 0 atom stereocenters. The number of ether oxygens (including phenoxy) is 1. The van der Waals surface area contributed by atoms with Gasteiger partial charge in [-0.3, -0.25) is 9.59 Å². The first-order valence-electron chi connectivity index (χ1n) is 7.02. The van der Waals surface area contributed by atoms with Gasteiger partial charge in [-0.15, -0.1) is 0 Å². The number of anilines is 1. The molecule has 8 heteroatoms. The van der Waals surface area contributed by atoms with Gasteiger partial charge in [-0.2, -0.15) is 0 Å². The molecule has 0 unspecified atom stereocenters. The molecule has 7 nitrogen and oxygen atoms in total. The van der Waals surface area contributed by atoms with Crippen LogP contribution in [0.1, 0.15) is 16.8 Å². The Balaban J connectivity index is 1.89. The smallest absolute Gasteiger partial charge is 0.254 e. The molecule has 2 amide bonds. The van der Waals surface area contributed by atoms with E-state index in [1.54, 1.807) is 17.0 Å². The molecule has 0 saturated carbocycles. The van der Waals surface area contributed by atoms with Gasteiger partial charge in [0.25, 0.3) is 5.91 Å². The van der Waals surface area contributed by atoms with Gasteiger partial charge >= 0.3 is 0 Å². The van der Waals surface area contributed by atoms with Gasteiger partial charge in [0.15, 0.2) is 0 Å². The summed E-state index contributed by atoms with van der Waals surface area (Å²) < 4.78 is 29.9. The van der Waals surface area contributed by atoms with E-state index in [0.29, 0.717) is 31.9 Å². The number of rotatable bonds is 2. The first-order chi connectivity index (χ1) is 10.5. The molecular weight excluding hydrogens is 308 g/mol. The molecule has 3 rings (SSSR count). The Kier molecular flexibility index (Phi) is 3.88. The Morgan fingerprint density at radius 2 is 1.91 bits per heavy atom. The number of carbonyl (C=O) groups is 2. The van der Waals surface area contributed by atoms with E-state index in [2.05, 4.69) is 0 Å². The van der Waals surface area contributed by atoms with E-state index < -0.39 is 15.9 Å². The van der Waals surface area contributed by atoms with E-state index in [-0.39, 0.29) is 23.8 Å². The quantitative estimate of drug-likeness (QED) is 0.777. The molecule has 118 valence electrons. The Hall–Kier alpha value is -1.93. The fourth-order valence-electron chi connectivity index (χ4n) is 2.58. The highest BCUT2D eigenvalue weighted by Gasteiger charge is 2.36.